The van der Waals surface area contributed by atoms with E-state index >= 15 is 0 Å². The summed E-state index contributed by atoms with van der Waals surface area (Å²) in [6.07, 6.45) is 2.48. The summed E-state index contributed by atoms with van der Waals surface area (Å²) in [5.74, 6) is 0.304. The number of aliphatic hydroxyl groups excluding tert-OH is 1. The molecular formula is C14H25FN4O2S. The molecule has 1 aromatic heterocycles. The van der Waals surface area contributed by atoms with Gasteiger partial charge in [0.15, 0.2) is 18.2 Å². The normalized spacial score (nSPS) is 15.4. The maximum Gasteiger partial charge on any atom is 0.305 e. The largest absolute Gasteiger partial charge is 0.396 e. The van der Waals surface area contributed by atoms with Gasteiger partial charge in [-0.15, -0.1) is 3.89 Å². The molecule has 1 aromatic rings. The Kier molecular flexibility index (Phi) is 8.44. The first kappa shape index (κ1) is 18.9. The van der Waals surface area contributed by atoms with Gasteiger partial charge in [-0.25, -0.2) is 8.96 Å². The zero-order valence-electron chi connectivity index (χ0n) is 13.5. The van der Waals surface area contributed by atoms with Crippen molar-refractivity contribution in [2.45, 2.75) is 26.7 Å². The number of aryl methyl sites for hydroxylation is 1. The minimum atomic E-state index is -0.421. The number of rotatable bonds is 5. The third-order valence-corrected chi connectivity index (χ3v) is 3.80. The van der Waals surface area contributed by atoms with Crippen LogP contribution in [0.1, 0.15) is 26.0 Å². The van der Waals surface area contributed by atoms with E-state index in [-0.39, 0.29) is 18.9 Å². The molecule has 0 aromatic carbocycles. The molecule has 0 atom stereocenters. The van der Waals surface area contributed by atoms with E-state index in [1.165, 1.54) is 6.20 Å². The van der Waals surface area contributed by atoms with Crippen LogP contribution in [0.25, 0.3) is 0 Å². The molecule has 126 valence electrons. The highest BCUT2D eigenvalue weighted by atomic mass is 32.2. The Bertz CT molecular complexity index is 504. The van der Waals surface area contributed by atoms with Crippen molar-refractivity contribution in [3.63, 3.8) is 0 Å². The number of nitrogens with zero attached hydrogens (tertiary/aromatic N) is 4. The number of piperazine rings is 1. The van der Waals surface area contributed by atoms with E-state index in [1.54, 1.807) is 0 Å². The van der Waals surface area contributed by atoms with Crippen molar-refractivity contribution in [3.05, 3.63) is 22.2 Å². The predicted octanol–water partition coefficient (Wildman–Crippen LogP) is 1.33. The molecule has 1 saturated heterocycles. The number of anilines is 1. The average Bonchev–Trinajstić information content (AvgIpc) is 2.56. The van der Waals surface area contributed by atoms with Crippen LogP contribution < -0.4 is 10.5 Å². The Morgan fingerprint density at radius 3 is 2.50 bits per heavy atom. The van der Waals surface area contributed by atoms with E-state index in [1.807, 2.05) is 25.8 Å². The molecule has 6 nitrogen and oxygen atoms in total. The van der Waals surface area contributed by atoms with Gasteiger partial charge in [0.1, 0.15) is 0 Å². The smallest absolute Gasteiger partial charge is 0.305 e. The van der Waals surface area contributed by atoms with Gasteiger partial charge < -0.3 is 14.9 Å². The van der Waals surface area contributed by atoms with Crippen LogP contribution in [-0.4, -0.2) is 58.8 Å². The molecule has 0 amide bonds. The number of likely N-dealkylation sites (N-methyl/N-ethyl adjacent to an activating group) is 1. The second-order valence-electron chi connectivity index (χ2n) is 4.87. The summed E-state index contributed by atoms with van der Waals surface area (Å²) in [5, 5.41) is 8.86. The summed E-state index contributed by atoms with van der Waals surface area (Å²) in [7, 11) is 2.03. The van der Waals surface area contributed by atoms with Crippen molar-refractivity contribution in [1.82, 2.24) is 13.9 Å². The van der Waals surface area contributed by atoms with E-state index in [0.717, 1.165) is 17.1 Å². The zero-order chi connectivity index (χ0) is 16.5. The molecule has 0 saturated carbocycles. The molecule has 8 heteroatoms. The summed E-state index contributed by atoms with van der Waals surface area (Å²) in [6, 6.07) is 0. The monoisotopic (exact) mass is 332 g/mol. The van der Waals surface area contributed by atoms with Crippen LogP contribution in [0.3, 0.4) is 0 Å². The molecule has 1 aliphatic rings. The summed E-state index contributed by atoms with van der Waals surface area (Å²) in [5.41, 5.74) is 0.201. The lowest BCUT2D eigenvalue weighted by Gasteiger charge is -2.32. The second kappa shape index (κ2) is 9.81. The van der Waals surface area contributed by atoms with Crippen LogP contribution in [0, 0.1) is 0 Å². The fraction of sp³-hybridized carbons (Fsp3) is 0.714. The molecule has 2 rings (SSSR count). The van der Waals surface area contributed by atoms with Crippen LogP contribution in [0.15, 0.2) is 11.0 Å². The Morgan fingerprint density at radius 2 is 1.95 bits per heavy atom. The Hall–Kier alpha value is -1.12. The van der Waals surface area contributed by atoms with Gasteiger partial charge in [0, 0.05) is 39.0 Å². The molecular weight excluding hydrogens is 307 g/mol. The minimum Gasteiger partial charge on any atom is -0.396 e. The zero-order valence-corrected chi connectivity index (χ0v) is 14.3. The number of hydrogen-bond donors (Lipinski definition) is 1. The molecule has 2 heterocycles. The van der Waals surface area contributed by atoms with Crippen molar-refractivity contribution in [3.8, 4) is 0 Å². The molecule has 0 aliphatic carbocycles. The SMILES string of the molecule is CC.CN1CCN(c2nc(CCCO)cn(SF)c2=O)CC1. The highest BCUT2D eigenvalue weighted by molar-refractivity contribution is 7.92. The first-order valence-electron chi connectivity index (χ1n) is 7.61. The summed E-state index contributed by atoms with van der Waals surface area (Å²) in [4.78, 5) is 20.6. The first-order chi connectivity index (χ1) is 10.7. The lowest BCUT2D eigenvalue weighted by Crippen LogP contribution is -2.47. The van der Waals surface area contributed by atoms with Gasteiger partial charge in [0.2, 0.25) is 0 Å². The maximum absolute atomic E-state index is 12.9. The molecule has 0 bridgehead atoms. The van der Waals surface area contributed by atoms with Gasteiger partial charge in [0.05, 0.1) is 5.69 Å². The molecule has 0 spiro atoms. The van der Waals surface area contributed by atoms with E-state index in [9.17, 15) is 8.68 Å². The van der Waals surface area contributed by atoms with Crippen molar-refractivity contribution in [1.29, 1.82) is 0 Å². The van der Waals surface area contributed by atoms with E-state index in [2.05, 4.69) is 9.88 Å². The van der Waals surface area contributed by atoms with E-state index in [0.29, 0.717) is 37.4 Å². The molecule has 1 N–H and O–H groups in total. The Labute approximate surface area is 135 Å². The Balaban J connectivity index is 0.00000116. The number of halogens is 1. The summed E-state index contributed by atoms with van der Waals surface area (Å²) >= 11 is -0.114. The summed E-state index contributed by atoms with van der Waals surface area (Å²) in [6.45, 7) is 7.17. The quantitative estimate of drug-likeness (QED) is 0.878. The van der Waals surface area contributed by atoms with Crippen LogP contribution >= 0.6 is 12.3 Å². The third kappa shape index (κ3) is 4.96. The van der Waals surface area contributed by atoms with Crippen molar-refractivity contribution >= 4 is 18.2 Å². The lowest BCUT2D eigenvalue weighted by atomic mass is 10.2. The topological polar surface area (TPSA) is 61.6 Å². The fourth-order valence-electron chi connectivity index (χ4n) is 2.16. The molecule has 22 heavy (non-hydrogen) atoms. The fourth-order valence-corrected chi connectivity index (χ4v) is 2.47. The average molecular weight is 332 g/mol. The Morgan fingerprint density at radius 1 is 1.32 bits per heavy atom. The van der Waals surface area contributed by atoms with Crippen molar-refractivity contribution < 1.29 is 8.99 Å². The first-order valence-corrected chi connectivity index (χ1v) is 8.29. The number of aliphatic hydroxyl groups is 1. The van der Waals surface area contributed by atoms with Crippen LogP contribution in [0.2, 0.25) is 0 Å². The van der Waals surface area contributed by atoms with E-state index < -0.39 is 5.56 Å². The predicted molar refractivity (Wildman–Crippen MR) is 89.1 cm³/mol. The van der Waals surface area contributed by atoms with Gasteiger partial charge in [-0.2, -0.15) is 0 Å². The van der Waals surface area contributed by atoms with Gasteiger partial charge in [-0.3, -0.25) is 4.79 Å². The van der Waals surface area contributed by atoms with Crippen molar-refractivity contribution in [2.75, 3.05) is 44.7 Å². The van der Waals surface area contributed by atoms with E-state index in [4.69, 9.17) is 5.11 Å². The van der Waals surface area contributed by atoms with Gasteiger partial charge >= 0.3 is 5.56 Å². The number of aromatic nitrogens is 2. The van der Waals surface area contributed by atoms with Gasteiger partial charge in [-0.1, -0.05) is 13.8 Å². The van der Waals surface area contributed by atoms with Gasteiger partial charge in [0.25, 0.3) is 0 Å². The minimum absolute atomic E-state index is 0.0490. The lowest BCUT2D eigenvalue weighted by molar-refractivity contribution is 0.288. The van der Waals surface area contributed by atoms with Crippen LogP contribution in [0.4, 0.5) is 9.70 Å². The summed E-state index contributed by atoms with van der Waals surface area (Å²) < 4.78 is 13.8. The maximum atomic E-state index is 12.9. The number of hydrogen-bond acceptors (Lipinski definition) is 6. The molecule has 0 radical (unpaired) electrons. The third-order valence-electron chi connectivity index (χ3n) is 3.38. The van der Waals surface area contributed by atoms with Crippen molar-refractivity contribution in [2.24, 2.45) is 0 Å². The highest BCUT2D eigenvalue weighted by Crippen LogP contribution is 2.13. The standard InChI is InChI=1S/C12H19FN4O2S.C2H6/c1-15-4-6-16(7-5-15)11-12(19)17(20-13)9-10(14-11)3-2-8-18;1-2/h9,18H,2-8H2,1H3;1-2H3. The van der Waals surface area contributed by atoms with Crippen LogP contribution in [-0.2, 0) is 6.42 Å². The highest BCUT2D eigenvalue weighted by Gasteiger charge is 2.20. The molecule has 0 unspecified atom stereocenters. The van der Waals surface area contributed by atoms with Crippen LogP contribution in [0.5, 0.6) is 0 Å². The second-order valence-corrected chi connectivity index (χ2v) is 5.40. The van der Waals surface area contributed by atoms with Gasteiger partial charge in [-0.05, 0) is 19.9 Å². The molecule has 1 aliphatic heterocycles. The molecule has 1 fully saturated rings.